The second kappa shape index (κ2) is 15.9. The molecular formula is C18H39N3O2Si. The maximum atomic E-state index is 8.69. The van der Waals surface area contributed by atoms with Crippen molar-refractivity contribution in [3.63, 3.8) is 0 Å². The van der Waals surface area contributed by atoms with E-state index in [4.69, 9.17) is 14.7 Å². The van der Waals surface area contributed by atoms with Gasteiger partial charge in [-0.3, -0.25) is 0 Å². The van der Waals surface area contributed by atoms with E-state index in [1.54, 1.807) is 0 Å². The van der Waals surface area contributed by atoms with Crippen LogP contribution in [0, 0.1) is 0 Å². The van der Waals surface area contributed by atoms with Crippen LogP contribution >= 0.6 is 0 Å². The monoisotopic (exact) mass is 357 g/mol. The van der Waals surface area contributed by atoms with Gasteiger partial charge in [0.15, 0.2) is 8.32 Å². The normalized spacial score (nSPS) is 12.8. The minimum absolute atomic E-state index is 0.338. The summed E-state index contributed by atoms with van der Waals surface area (Å²) in [5, 5.41) is 3.78. The zero-order valence-electron chi connectivity index (χ0n) is 16.4. The average molecular weight is 358 g/mol. The predicted molar refractivity (Wildman–Crippen MR) is 105 cm³/mol. The summed E-state index contributed by atoms with van der Waals surface area (Å²) in [6.45, 7) is 10.1. The maximum Gasteiger partial charge on any atom is 0.192 e. The minimum Gasteiger partial charge on any atom is -0.414 e. The van der Waals surface area contributed by atoms with Crippen molar-refractivity contribution in [3.8, 4) is 0 Å². The Balaban J connectivity index is 3.90. The Morgan fingerprint density at radius 3 is 2.00 bits per heavy atom. The van der Waals surface area contributed by atoms with Crippen LogP contribution in [0.25, 0.3) is 10.4 Å². The van der Waals surface area contributed by atoms with Crippen LogP contribution in [-0.2, 0) is 9.16 Å². The lowest BCUT2D eigenvalue weighted by Crippen LogP contribution is -2.37. The van der Waals surface area contributed by atoms with Gasteiger partial charge in [-0.1, -0.05) is 77.8 Å². The maximum absolute atomic E-state index is 8.69. The molecule has 0 heterocycles. The van der Waals surface area contributed by atoms with E-state index in [2.05, 4.69) is 37.7 Å². The molecule has 0 aromatic carbocycles. The third-order valence-corrected chi connectivity index (χ3v) is 9.65. The smallest absolute Gasteiger partial charge is 0.192 e. The highest BCUT2D eigenvalue weighted by molar-refractivity contribution is 6.73. The van der Waals surface area contributed by atoms with E-state index in [0.29, 0.717) is 13.2 Å². The fraction of sp³-hybridized carbons (Fsp3) is 1.00. The van der Waals surface area contributed by atoms with Gasteiger partial charge in [0.1, 0.15) is 6.23 Å². The second-order valence-corrected chi connectivity index (χ2v) is 11.3. The van der Waals surface area contributed by atoms with Crippen molar-refractivity contribution in [2.24, 2.45) is 5.11 Å². The first-order valence-corrected chi connectivity index (χ1v) is 12.5. The first kappa shape index (κ1) is 23.4. The van der Waals surface area contributed by atoms with Gasteiger partial charge in [0.25, 0.3) is 0 Å². The van der Waals surface area contributed by atoms with Crippen molar-refractivity contribution in [2.45, 2.75) is 103 Å². The Bertz CT molecular complexity index is 324. The molecule has 0 bridgehead atoms. The number of nitrogens with zero attached hydrogens (tertiary/aromatic N) is 3. The number of ether oxygens (including phenoxy) is 1. The zero-order chi connectivity index (χ0) is 18.1. The number of rotatable bonds is 17. The molecule has 0 aromatic rings. The van der Waals surface area contributed by atoms with E-state index in [9.17, 15) is 0 Å². The summed E-state index contributed by atoms with van der Waals surface area (Å²) in [6, 6.07) is 3.45. The van der Waals surface area contributed by atoms with Gasteiger partial charge in [-0.25, -0.2) is 0 Å². The molecule has 6 heteroatoms. The van der Waals surface area contributed by atoms with Crippen LogP contribution in [0.3, 0.4) is 0 Å². The fourth-order valence-corrected chi connectivity index (χ4v) is 5.64. The second-order valence-electron chi connectivity index (χ2n) is 6.53. The number of unbranched alkanes of at least 4 members (excludes halogenated alkanes) is 6. The molecule has 1 unspecified atom stereocenters. The van der Waals surface area contributed by atoms with Gasteiger partial charge in [-0.15, -0.1) is 0 Å². The summed E-state index contributed by atoms with van der Waals surface area (Å²) < 4.78 is 11.9. The standard InChI is InChI=1S/C18H39N3O2Si/c1-5-9-10-11-12-13-14-15-18(20-21-19)22-16-17-23-24(6-2,7-3)8-4/h18H,5-17H2,1-4H3. The topological polar surface area (TPSA) is 67.2 Å². The molecule has 0 fully saturated rings. The third kappa shape index (κ3) is 11.1. The van der Waals surface area contributed by atoms with Gasteiger partial charge >= 0.3 is 0 Å². The summed E-state index contributed by atoms with van der Waals surface area (Å²) >= 11 is 0. The molecule has 0 amide bonds. The first-order chi connectivity index (χ1) is 11.7. The van der Waals surface area contributed by atoms with Crippen LogP contribution in [0.15, 0.2) is 5.11 Å². The summed E-state index contributed by atoms with van der Waals surface area (Å²) in [5.74, 6) is 0. The number of azide groups is 1. The molecule has 1 atom stereocenters. The van der Waals surface area contributed by atoms with Crippen LogP contribution in [0.5, 0.6) is 0 Å². The van der Waals surface area contributed by atoms with Gasteiger partial charge in [-0.2, -0.15) is 0 Å². The third-order valence-electron chi connectivity index (χ3n) is 4.97. The predicted octanol–water partition coefficient (Wildman–Crippen LogP) is 6.80. The molecule has 0 aliphatic carbocycles. The molecule has 24 heavy (non-hydrogen) atoms. The van der Waals surface area contributed by atoms with Gasteiger partial charge in [0, 0.05) is 4.91 Å². The summed E-state index contributed by atoms with van der Waals surface area (Å²) in [5.41, 5.74) is 8.69. The Labute approximate surface area is 150 Å². The summed E-state index contributed by atoms with van der Waals surface area (Å²) in [7, 11) is -1.54. The molecule has 0 aromatic heterocycles. The Kier molecular flexibility index (Phi) is 15.6. The van der Waals surface area contributed by atoms with Crippen molar-refractivity contribution < 1.29 is 9.16 Å². The highest BCUT2D eigenvalue weighted by atomic mass is 28.4. The van der Waals surface area contributed by atoms with Gasteiger partial charge in [-0.05, 0) is 30.1 Å². The molecule has 0 aliphatic rings. The van der Waals surface area contributed by atoms with Crippen molar-refractivity contribution in [3.05, 3.63) is 10.4 Å². The summed E-state index contributed by atoms with van der Waals surface area (Å²) in [4.78, 5) is 2.92. The molecule has 142 valence electrons. The van der Waals surface area contributed by atoms with Crippen molar-refractivity contribution >= 4 is 8.32 Å². The highest BCUT2D eigenvalue weighted by Gasteiger charge is 2.28. The van der Waals surface area contributed by atoms with Gasteiger partial charge in [0.2, 0.25) is 0 Å². The molecule has 0 rings (SSSR count). The van der Waals surface area contributed by atoms with Crippen LogP contribution in [0.4, 0.5) is 0 Å². The Hall–Kier alpha value is -0.553. The lowest BCUT2D eigenvalue weighted by molar-refractivity contribution is 0.0295. The zero-order valence-corrected chi connectivity index (χ0v) is 17.4. The Morgan fingerprint density at radius 2 is 1.46 bits per heavy atom. The fourth-order valence-electron chi connectivity index (χ4n) is 3.01. The van der Waals surface area contributed by atoms with Crippen LogP contribution in [0.1, 0.15) is 79.1 Å². The molecule has 0 N–H and O–H groups in total. The van der Waals surface area contributed by atoms with Gasteiger partial charge < -0.3 is 9.16 Å². The number of hydrogen-bond donors (Lipinski definition) is 0. The Morgan fingerprint density at radius 1 is 0.875 bits per heavy atom. The van der Waals surface area contributed by atoms with Crippen LogP contribution < -0.4 is 0 Å². The van der Waals surface area contributed by atoms with E-state index in [0.717, 1.165) is 31.0 Å². The SMILES string of the molecule is CCCCCCCCCC(N=[N+]=[N-])OCCO[Si](CC)(CC)CC. The highest BCUT2D eigenvalue weighted by Crippen LogP contribution is 2.21. The van der Waals surface area contributed by atoms with E-state index < -0.39 is 8.32 Å². The summed E-state index contributed by atoms with van der Waals surface area (Å²) in [6.07, 6.45) is 9.27. The lowest BCUT2D eigenvalue weighted by atomic mass is 10.1. The van der Waals surface area contributed by atoms with Crippen molar-refractivity contribution in [1.82, 2.24) is 0 Å². The average Bonchev–Trinajstić information content (AvgIpc) is 2.61. The molecule has 0 spiro atoms. The molecule has 0 saturated heterocycles. The molecule has 0 aliphatic heterocycles. The van der Waals surface area contributed by atoms with Crippen LogP contribution in [-0.4, -0.2) is 27.8 Å². The van der Waals surface area contributed by atoms with Crippen molar-refractivity contribution in [2.75, 3.05) is 13.2 Å². The molecule has 5 nitrogen and oxygen atoms in total. The largest absolute Gasteiger partial charge is 0.414 e. The first-order valence-electron chi connectivity index (χ1n) is 9.97. The van der Waals surface area contributed by atoms with Crippen molar-refractivity contribution in [1.29, 1.82) is 0 Å². The van der Waals surface area contributed by atoms with E-state index in [1.165, 1.54) is 38.5 Å². The van der Waals surface area contributed by atoms with E-state index >= 15 is 0 Å². The van der Waals surface area contributed by atoms with E-state index in [-0.39, 0.29) is 6.23 Å². The molecule has 0 radical (unpaired) electrons. The quantitative estimate of drug-likeness (QED) is 0.0944. The molecular weight excluding hydrogens is 318 g/mol. The van der Waals surface area contributed by atoms with E-state index in [1.807, 2.05) is 0 Å². The minimum atomic E-state index is -1.54. The van der Waals surface area contributed by atoms with Gasteiger partial charge in [0.05, 0.1) is 13.2 Å². The van der Waals surface area contributed by atoms with Crippen LogP contribution in [0.2, 0.25) is 18.1 Å². The molecule has 0 saturated carbocycles. The number of hydrogen-bond acceptors (Lipinski definition) is 3. The lowest BCUT2D eigenvalue weighted by Gasteiger charge is -2.28.